The summed E-state index contributed by atoms with van der Waals surface area (Å²) < 4.78 is 58.5. The third-order valence-corrected chi connectivity index (χ3v) is 17.8. The van der Waals surface area contributed by atoms with Gasteiger partial charge in [0.25, 0.3) is 0 Å². The smallest absolute Gasteiger partial charge is 0.0622 e. The summed E-state index contributed by atoms with van der Waals surface area (Å²) in [6, 6.07) is 60.3. The topological polar surface area (TPSA) is 3.24 Å². The standard InChI is InChI=1S/C32H26F4NP2.C18H15P.C5H5.2ClH.Fe.Ru/c1-22(27-14-9-15-32(27)38(23-10-5-3-6-11-23)24-12-7-4-8-13-24)37(2)39(25-16-18-28(33)30(35)20-25)26-17-19-29(34)31(36)21-26;1-4-10-16(11-5-1)19(17-12-6-2-7-13-17)18-14-8-3-9-15-18;1-2-4-5-3-1;;;;/h3-22H,1-2H3;1-15H;1-5H;2*1H;;/q;;;;;2*+2/p-2/t22-;;;;;;/m1....../s1. The molecule has 2 aliphatic carbocycles. The van der Waals surface area contributed by atoms with Gasteiger partial charge in [0.05, 0.1) is 0 Å². The van der Waals surface area contributed by atoms with Gasteiger partial charge in [0.15, 0.2) is 23.3 Å². The third-order valence-electron chi connectivity index (χ3n) is 10.3. The molecule has 2 saturated carbocycles. The van der Waals surface area contributed by atoms with E-state index in [4.69, 9.17) is 19.4 Å². The summed E-state index contributed by atoms with van der Waals surface area (Å²) in [5.41, 5.74) is 1.19. The van der Waals surface area contributed by atoms with Gasteiger partial charge >= 0.3 is 51.6 Å². The van der Waals surface area contributed by atoms with E-state index in [1.165, 1.54) is 44.3 Å². The molecule has 1 nitrogen and oxygen atoms in total. The predicted octanol–water partition coefficient (Wildman–Crippen LogP) is 12.6. The first-order chi connectivity index (χ1) is 32.2. The normalized spacial score (nSPS) is 14.1. The quantitative estimate of drug-likeness (QED) is 0.0709. The molecule has 9 rings (SSSR count). The molecule has 7 aromatic carbocycles. The fourth-order valence-electron chi connectivity index (χ4n) is 7.18. The molecule has 0 bridgehead atoms. The Bertz CT molecular complexity index is 2280. The zero-order valence-electron chi connectivity index (χ0n) is 36.4. The minimum Gasteiger partial charge on any atom is -0.0622 e. The van der Waals surface area contributed by atoms with Crippen LogP contribution in [-0.2, 0) is 32.2 Å². The van der Waals surface area contributed by atoms with E-state index >= 15 is 0 Å². The van der Waals surface area contributed by atoms with Gasteiger partial charge in [-0.25, -0.2) is 17.6 Å². The summed E-state index contributed by atoms with van der Waals surface area (Å²) in [4.78, 5) is 0. The van der Waals surface area contributed by atoms with Gasteiger partial charge in [-0.1, -0.05) is 152 Å². The molecule has 0 unspecified atom stereocenters. The fourth-order valence-corrected chi connectivity index (χ4v) is 14.4. The van der Waals surface area contributed by atoms with Crippen LogP contribution in [-0.4, -0.2) is 17.8 Å². The van der Waals surface area contributed by atoms with Crippen LogP contribution in [0.3, 0.4) is 0 Å². The van der Waals surface area contributed by atoms with Gasteiger partial charge in [0, 0.05) is 25.7 Å². The molecule has 0 saturated heterocycles. The molecule has 12 heteroatoms. The van der Waals surface area contributed by atoms with Crippen LogP contribution >= 0.6 is 43.3 Å². The summed E-state index contributed by atoms with van der Waals surface area (Å²) in [5, 5.41) is 7.63. The van der Waals surface area contributed by atoms with Crippen molar-refractivity contribution in [3.63, 3.8) is 0 Å². The average molecular weight is 1120 g/mol. The maximum atomic E-state index is 14.4. The molecule has 7 aromatic rings. The molecule has 0 N–H and O–H groups in total. The SMILES string of the molecule is C[C@H]([C]1[CH][CH][CH][C]1P(c1ccccc1)c1ccccc1)N(C)P(c1ccc(F)c(F)c1)c1ccc(F)c(F)c1.[CH]1[CH][CH][CH][CH]1.[Cl][Ru][Cl].[Fe+2].c1ccc(P(c2ccccc2)c2ccccc2)cc1. The van der Waals surface area contributed by atoms with Crippen molar-refractivity contribution in [3.8, 4) is 0 Å². The molecule has 10 radical (unpaired) electrons. The molecular weight excluding hydrogens is 1070 g/mol. The number of halogens is 6. The van der Waals surface area contributed by atoms with Gasteiger partial charge in [-0.05, 0) is 155 Å². The Morgan fingerprint density at radius 2 is 0.731 bits per heavy atom. The molecule has 342 valence electrons. The van der Waals surface area contributed by atoms with Crippen molar-refractivity contribution in [2.24, 2.45) is 0 Å². The number of hydrogen-bond acceptors (Lipinski definition) is 1. The first-order valence-electron chi connectivity index (χ1n) is 20.8. The Morgan fingerprint density at radius 1 is 0.418 bits per heavy atom. The van der Waals surface area contributed by atoms with E-state index in [1.54, 1.807) is 0 Å². The van der Waals surface area contributed by atoms with Crippen LogP contribution in [0.15, 0.2) is 188 Å². The van der Waals surface area contributed by atoms with Crippen molar-refractivity contribution in [2.45, 2.75) is 13.0 Å². The predicted molar refractivity (Wildman–Crippen MR) is 273 cm³/mol. The fraction of sp³-hybridized carbons (Fsp3) is 0.0545. The number of rotatable bonds is 11. The van der Waals surface area contributed by atoms with E-state index in [9.17, 15) is 17.6 Å². The second-order valence-corrected chi connectivity index (χ2v) is 23.8. The van der Waals surface area contributed by atoms with E-state index in [2.05, 4.69) is 140 Å². The maximum Gasteiger partial charge on any atom is 2.00 e. The Labute approximate surface area is 426 Å². The van der Waals surface area contributed by atoms with Crippen LogP contribution < -0.4 is 37.1 Å². The second kappa shape index (κ2) is 29.4. The summed E-state index contributed by atoms with van der Waals surface area (Å²) in [6.45, 7) is 2.05. The molecule has 0 aromatic heterocycles. The van der Waals surface area contributed by atoms with Crippen molar-refractivity contribution >= 4 is 80.4 Å². The van der Waals surface area contributed by atoms with Crippen molar-refractivity contribution < 1.29 is 49.8 Å². The van der Waals surface area contributed by atoms with Crippen molar-refractivity contribution in [1.29, 1.82) is 0 Å². The molecule has 0 spiro atoms. The molecule has 0 amide bonds. The van der Waals surface area contributed by atoms with Gasteiger partial charge in [0.1, 0.15) is 0 Å². The zero-order valence-corrected chi connectivity index (χ0v) is 43.4. The van der Waals surface area contributed by atoms with Crippen LogP contribution in [0.5, 0.6) is 0 Å². The van der Waals surface area contributed by atoms with Gasteiger partial charge in [-0.2, -0.15) is 0 Å². The minimum absolute atomic E-state index is 0. The molecule has 1 atom stereocenters. The monoisotopic (exact) mass is 1120 g/mol. The van der Waals surface area contributed by atoms with Crippen LogP contribution in [0.1, 0.15) is 6.92 Å². The number of nitrogens with zero attached hydrogens (tertiary/aromatic N) is 1. The third kappa shape index (κ3) is 15.9. The van der Waals surface area contributed by atoms with Gasteiger partial charge < -0.3 is 0 Å². The number of benzene rings is 7. The molecule has 0 heterocycles. The van der Waals surface area contributed by atoms with E-state index in [1.807, 2.05) is 82.0 Å². The maximum absolute atomic E-state index is 14.4. The van der Waals surface area contributed by atoms with E-state index in [-0.39, 0.29) is 38.3 Å². The van der Waals surface area contributed by atoms with E-state index < -0.39 is 47.2 Å². The molecule has 2 aliphatic rings. The van der Waals surface area contributed by atoms with Crippen LogP contribution in [0.4, 0.5) is 17.6 Å². The first-order valence-corrected chi connectivity index (χ1v) is 29.2. The molecule has 67 heavy (non-hydrogen) atoms. The van der Waals surface area contributed by atoms with Crippen molar-refractivity contribution in [3.05, 3.63) is 274 Å². The average Bonchev–Trinajstić information content (AvgIpc) is 4.11. The number of hydrogen-bond donors (Lipinski definition) is 0. The van der Waals surface area contributed by atoms with E-state index in [0.717, 1.165) is 30.2 Å². The molecular formula is C55H46Cl2F4FeNP3Ru+2. The van der Waals surface area contributed by atoms with Crippen LogP contribution in [0.2, 0.25) is 0 Å². The van der Waals surface area contributed by atoms with Crippen molar-refractivity contribution in [1.82, 2.24) is 4.67 Å². The first kappa shape index (κ1) is 55.2. The summed E-state index contributed by atoms with van der Waals surface area (Å²) >= 11 is -0.346. The van der Waals surface area contributed by atoms with E-state index in [0.29, 0.717) is 10.6 Å². The Balaban J connectivity index is 0.000000247. The summed E-state index contributed by atoms with van der Waals surface area (Å²) in [6.07, 6.45) is 16.3. The minimum atomic E-state index is -1.53. The zero-order chi connectivity index (χ0) is 46.7. The Morgan fingerprint density at radius 3 is 1.04 bits per heavy atom. The van der Waals surface area contributed by atoms with Crippen molar-refractivity contribution in [2.75, 3.05) is 7.05 Å². The van der Waals surface area contributed by atoms with Gasteiger partial charge in [-0.3, -0.25) is 4.67 Å². The Kier molecular flexibility index (Phi) is 24.2. The van der Waals surface area contributed by atoms with Crippen LogP contribution in [0.25, 0.3) is 0 Å². The summed E-state index contributed by atoms with van der Waals surface area (Å²) in [5.74, 6) is -2.77. The van der Waals surface area contributed by atoms with Gasteiger partial charge in [-0.15, -0.1) is 0 Å². The second-order valence-electron chi connectivity index (χ2n) is 14.5. The van der Waals surface area contributed by atoms with Crippen LogP contribution in [0, 0.1) is 86.2 Å². The largest absolute Gasteiger partial charge is 2.00 e. The van der Waals surface area contributed by atoms with Gasteiger partial charge in [0.2, 0.25) is 0 Å². The molecule has 2 fully saturated rings. The Hall–Kier alpha value is -2.77. The summed E-state index contributed by atoms with van der Waals surface area (Å²) in [7, 11) is 8.75. The molecule has 0 aliphatic heterocycles.